The van der Waals surface area contributed by atoms with Crippen LogP contribution in [-0.4, -0.2) is 18.1 Å². The molecule has 0 radical (unpaired) electrons. The molecular formula is C17H11N3O2. The van der Waals surface area contributed by atoms with E-state index in [4.69, 9.17) is 5.53 Å². The van der Waals surface area contributed by atoms with Crippen LogP contribution in [0.15, 0.2) is 53.7 Å². The zero-order valence-corrected chi connectivity index (χ0v) is 11.6. The average molecular weight is 289 g/mol. The van der Waals surface area contributed by atoms with Crippen LogP contribution < -0.4 is 0 Å². The first kappa shape index (κ1) is 13.8. The maximum atomic E-state index is 12.2. The summed E-state index contributed by atoms with van der Waals surface area (Å²) in [5.74, 6) is -0.937. The number of Topliss-reactive ketones (excluding diaryl/α,β-unsaturated/α-hetero) is 2. The molecule has 0 aromatic heterocycles. The summed E-state index contributed by atoms with van der Waals surface area (Å²) in [7, 11) is 0. The van der Waals surface area contributed by atoms with Crippen LogP contribution in [0.2, 0.25) is 0 Å². The van der Waals surface area contributed by atoms with Crippen molar-refractivity contribution >= 4 is 17.6 Å². The Morgan fingerprint density at radius 1 is 0.955 bits per heavy atom. The fourth-order valence-corrected chi connectivity index (χ4v) is 2.52. The molecule has 3 rings (SSSR count). The molecule has 106 valence electrons. The van der Waals surface area contributed by atoms with Gasteiger partial charge in [0.25, 0.3) is 0 Å². The molecule has 5 nitrogen and oxygen atoms in total. The number of benzene rings is 2. The van der Waals surface area contributed by atoms with E-state index in [0.717, 1.165) is 16.7 Å². The standard InChI is InChI=1S/C17H11N3O2/c18-20-19-9-3-4-11-7-8-14-15(10-11)12-5-1-2-6-13(12)16(21)17(14)22/h1-8,10H,9H2. The Kier molecular flexibility index (Phi) is 3.56. The van der Waals surface area contributed by atoms with Crippen LogP contribution in [0, 0.1) is 0 Å². The SMILES string of the molecule is [N-]=[N+]=NCC=Cc1ccc2c(c1)-c1ccccc1C(=O)C2=O. The fourth-order valence-electron chi connectivity index (χ4n) is 2.52. The van der Waals surface area contributed by atoms with Crippen molar-refractivity contribution in [3.63, 3.8) is 0 Å². The third-order valence-corrected chi connectivity index (χ3v) is 3.52. The summed E-state index contributed by atoms with van der Waals surface area (Å²) in [6.07, 6.45) is 3.56. The second kappa shape index (κ2) is 5.68. The van der Waals surface area contributed by atoms with Gasteiger partial charge in [0.2, 0.25) is 11.6 Å². The third kappa shape index (κ3) is 2.30. The van der Waals surface area contributed by atoms with E-state index in [2.05, 4.69) is 10.0 Å². The van der Waals surface area contributed by atoms with E-state index in [1.807, 2.05) is 24.3 Å². The summed E-state index contributed by atoms with van der Waals surface area (Å²) in [4.78, 5) is 26.9. The summed E-state index contributed by atoms with van der Waals surface area (Å²) in [5, 5.41) is 3.43. The first-order valence-electron chi connectivity index (χ1n) is 6.72. The lowest BCUT2D eigenvalue weighted by Gasteiger charge is -2.18. The van der Waals surface area contributed by atoms with Crippen LogP contribution in [0.4, 0.5) is 0 Å². The molecule has 1 aliphatic carbocycles. The number of hydrogen-bond donors (Lipinski definition) is 0. The van der Waals surface area contributed by atoms with Gasteiger partial charge in [0.05, 0.1) is 0 Å². The van der Waals surface area contributed by atoms with Gasteiger partial charge >= 0.3 is 0 Å². The van der Waals surface area contributed by atoms with E-state index in [-0.39, 0.29) is 6.54 Å². The van der Waals surface area contributed by atoms with E-state index < -0.39 is 11.6 Å². The maximum absolute atomic E-state index is 12.2. The van der Waals surface area contributed by atoms with Gasteiger partial charge in [-0.2, -0.15) is 0 Å². The second-order valence-electron chi connectivity index (χ2n) is 4.82. The summed E-state index contributed by atoms with van der Waals surface area (Å²) in [6, 6.07) is 12.4. The molecular weight excluding hydrogens is 278 g/mol. The molecule has 0 spiro atoms. The van der Waals surface area contributed by atoms with Crippen molar-refractivity contribution in [2.45, 2.75) is 0 Å². The van der Waals surface area contributed by atoms with Crippen molar-refractivity contribution in [1.82, 2.24) is 0 Å². The first-order chi connectivity index (χ1) is 10.7. The van der Waals surface area contributed by atoms with Crippen molar-refractivity contribution in [2.24, 2.45) is 5.11 Å². The van der Waals surface area contributed by atoms with Gasteiger partial charge in [-0.15, -0.1) is 0 Å². The Morgan fingerprint density at radius 2 is 1.64 bits per heavy atom. The molecule has 0 N–H and O–H groups in total. The summed E-state index contributed by atoms with van der Waals surface area (Å²) < 4.78 is 0. The van der Waals surface area contributed by atoms with Crippen LogP contribution in [0.1, 0.15) is 26.3 Å². The van der Waals surface area contributed by atoms with Crippen molar-refractivity contribution in [3.8, 4) is 11.1 Å². The van der Waals surface area contributed by atoms with E-state index in [1.165, 1.54) is 0 Å². The number of carbonyl (C=O) groups excluding carboxylic acids is 2. The van der Waals surface area contributed by atoms with E-state index >= 15 is 0 Å². The minimum Gasteiger partial charge on any atom is -0.285 e. The Balaban J connectivity index is 2.09. The van der Waals surface area contributed by atoms with Gasteiger partial charge in [0.15, 0.2) is 0 Å². The zero-order valence-electron chi connectivity index (χ0n) is 11.6. The second-order valence-corrected chi connectivity index (χ2v) is 4.82. The van der Waals surface area contributed by atoms with Gasteiger partial charge in [0, 0.05) is 22.6 Å². The Hall–Kier alpha value is -3.17. The molecule has 0 fully saturated rings. The monoisotopic (exact) mass is 289 g/mol. The lowest BCUT2D eigenvalue weighted by atomic mass is 9.83. The Morgan fingerprint density at radius 3 is 2.36 bits per heavy atom. The Bertz CT molecular complexity index is 862. The summed E-state index contributed by atoms with van der Waals surface area (Å²) in [5.41, 5.74) is 11.5. The summed E-state index contributed by atoms with van der Waals surface area (Å²) in [6.45, 7) is 0.265. The lowest BCUT2D eigenvalue weighted by molar-refractivity contribution is 0.0815. The quantitative estimate of drug-likeness (QED) is 0.369. The minimum atomic E-state index is -0.474. The fraction of sp³-hybridized carbons (Fsp3) is 0.0588. The van der Waals surface area contributed by atoms with Crippen LogP contribution in [0.3, 0.4) is 0 Å². The molecule has 5 heteroatoms. The largest absolute Gasteiger partial charge is 0.285 e. The predicted molar refractivity (Wildman–Crippen MR) is 83.6 cm³/mol. The normalized spacial score (nSPS) is 12.7. The first-order valence-corrected chi connectivity index (χ1v) is 6.72. The van der Waals surface area contributed by atoms with Gasteiger partial charge in [-0.25, -0.2) is 0 Å². The summed E-state index contributed by atoms with van der Waals surface area (Å²) >= 11 is 0. The molecule has 0 saturated heterocycles. The number of hydrogen-bond acceptors (Lipinski definition) is 3. The van der Waals surface area contributed by atoms with Gasteiger partial charge in [-0.3, -0.25) is 9.59 Å². The molecule has 2 aromatic carbocycles. The highest BCUT2D eigenvalue weighted by molar-refractivity contribution is 6.53. The number of carbonyl (C=O) groups is 2. The number of fused-ring (bicyclic) bond motifs is 3. The molecule has 0 bridgehead atoms. The van der Waals surface area contributed by atoms with Crippen LogP contribution in [0.5, 0.6) is 0 Å². The highest BCUT2D eigenvalue weighted by Gasteiger charge is 2.29. The number of rotatable bonds is 3. The third-order valence-electron chi connectivity index (χ3n) is 3.52. The molecule has 0 atom stereocenters. The van der Waals surface area contributed by atoms with Crippen LogP contribution in [0.25, 0.3) is 27.6 Å². The van der Waals surface area contributed by atoms with Gasteiger partial charge in [0.1, 0.15) is 0 Å². The molecule has 2 aromatic rings. The minimum absolute atomic E-state index is 0.265. The smallest absolute Gasteiger partial charge is 0.234 e. The predicted octanol–water partition coefficient (Wildman–Crippen LogP) is 4.06. The molecule has 0 amide bonds. The number of nitrogens with zero attached hydrogens (tertiary/aromatic N) is 3. The molecule has 1 aliphatic rings. The van der Waals surface area contributed by atoms with Gasteiger partial charge in [-0.1, -0.05) is 47.6 Å². The zero-order chi connectivity index (χ0) is 15.5. The highest BCUT2D eigenvalue weighted by atomic mass is 16.2. The van der Waals surface area contributed by atoms with E-state index in [1.54, 1.807) is 30.3 Å². The van der Waals surface area contributed by atoms with Crippen molar-refractivity contribution in [2.75, 3.05) is 6.54 Å². The molecule has 22 heavy (non-hydrogen) atoms. The maximum Gasteiger partial charge on any atom is 0.234 e. The van der Waals surface area contributed by atoms with E-state index in [0.29, 0.717) is 11.1 Å². The molecule has 0 heterocycles. The molecule has 0 aliphatic heterocycles. The lowest BCUT2D eigenvalue weighted by Crippen LogP contribution is -2.21. The highest BCUT2D eigenvalue weighted by Crippen LogP contribution is 2.34. The Labute approximate surface area is 126 Å². The molecule has 0 unspecified atom stereocenters. The molecule has 0 saturated carbocycles. The topological polar surface area (TPSA) is 82.9 Å². The van der Waals surface area contributed by atoms with E-state index in [9.17, 15) is 9.59 Å². The average Bonchev–Trinajstić information content (AvgIpc) is 2.56. The van der Waals surface area contributed by atoms with Gasteiger partial charge < -0.3 is 0 Å². The van der Waals surface area contributed by atoms with Crippen LogP contribution in [-0.2, 0) is 0 Å². The van der Waals surface area contributed by atoms with Crippen molar-refractivity contribution in [1.29, 1.82) is 0 Å². The number of azide groups is 1. The van der Waals surface area contributed by atoms with Crippen molar-refractivity contribution < 1.29 is 9.59 Å². The van der Waals surface area contributed by atoms with Crippen molar-refractivity contribution in [3.05, 3.63) is 75.7 Å². The van der Waals surface area contributed by atoms with Crippen LogP contribution >= 0.6 is 0 Å². The number of ketones is 2. The van der Waals surface area contributed by atoms with Gasteiger partial charge in [-0.05, 0) is 34.4 Å².